The number of nitrogens with two attached hydrogens (primary N) is 1. The van der Waals surface area contributed by atoms with Crippen molar-refractivity contribution in [2.45, 2.75) is 38.1 Å². The molecule has 78 valence electrons. The molecule has 1 atom stereocenters. The van der Waals surface area contributed by atoms with Crippen LogP contribution in [0.25, 0.3) is 0 Å². The summed E-state index contributed by atoms with van der Waals surface area (Å²) in [5.41, 5.74) is 6.03. The minimum Gasteiger partial charge on any atom is -0.381 e. The first-order valence-electron chi connectivity index (χ1n) is 5.53. The lowest BCUT2D eigenvalue weighted by atomic mass is 9.61. The van der Waals surface area contributed by atoms with Gasteiger partial charge in [0, 0.05) is 19.3 Å². The van der Waals surface area contributed by atoms with Crippen LogP contribution in [0, 0.1) is 22.7 Å². The third-order valence-corrected chi connectivity index (χ3v) is 3.88. The maximum absolute atomic E-state index is 9.18. The number of rotatable bonds is 2. The molecule has 3 heteroatoms. The third-order valence-electron chi connectivity index (χ3n) is 3.88. The van der Waals surface area contributed by atoms with Gasteiger partial charge in [0.15, 0.2) is 0 Å². The molecule has 1 aliphatic carbocycles. The molecule has 1 unspecified atom stereocenters. The van der Waals surface area contributed by atoms with Gasteiger partial charge in [-0.25, -0.2) is 0 Å². The van der Waals surface area contributed by atoms with Crippen molar-refractivity contribution in [3.63, 3.8) is 0 Å². The maximum Gasteiger partial charge on any atom is 0.0727 e. The van der Waals surface area contributed by atoms with E-state index < -0.39 is 0 Å². The first-order valence-corrected chi connectivity index (χ1v) is 5.53. The molecular formula is C11H18N2O. The quantitative estimate of drug-likeness (QED) is 0.723. The number of hydrogen-bond acceptors (Lipinski definition) is 3. The van der Waals surface area contributed by atoms with E-state index in [4.69, 9.17) is 10.5 Å². The lowest BCUT2D eigenvalue weighted by Gasteiger charge is -2.44. The molecular weight excluding hydrogens is 176 g/mol. The zero-order valence-corrected chi connectivity index (χ0v) is 8.54. The van der Waals surface area contributed by atoms with E-state index in [9.17, 15) is 5.26 Å². The maximum atomic E-state index is 9.18. The van der Waals surface area contributed by atoms with E-state index in [-0.39, 0.29) is 11.5 Å². The molecule has 0 bridgehead atoms. The van der Waals surface area contributed by atoms with Crippen molar-refractivity contribution in [2.24, 2.45) is 17.1 Å². The summed E-state index contributed by atoms with van der Waals surface area (Å²) < 4.78 is 5.31. The number of nitriles is 1. The van der Waals surface area contributed by atoms with E-state index in [1.807, 2.05) is 0 Å². The Hall–Kier alpha value is -0.590. The molecule has 1 heterocycles. The molecule has 2 fully saturated rings. The fourth-order valence-corrected chi connectivity index (χ4v) is 2.60. The van der Waals surface area contributed by atoms with Crippen LogP contribution in [0.15, 0.2) is 0 Å². The van der Waals surface area contributed by atoms with E-state index in [0.717, 1.165) is 38.9 Å². The summed E-state index contributed by atoms with van der Waals surface area (Å²) in [6.07, 6.45) is 5.24. The second-order valence-corrected chi connectivity index (χ2v) is 4.60. The molecule has 0 aromatic carbocycles. The van der Waals surface area contributed by atoms with Crippen LogP contribution in [0.1, 0.15) is 32.1 Å². The molecule has 14 heavy (non-hydrogen) atoms. The fourth-order valence-electron chi connectivity index (χ4n) is 2.60. The van der Waals surface area contributed by atoms with Crippen LogP contribution < -0.4 is 5.73 Å². The topological polar surface area (TPSA) is 59.0 Å². The lowest BCUT2D eigenvalue weighted by molar-refractivity contribution is 0.0281. The van der Waals surface area contributed by atoms with E-state index in [1.54, 1.807) is 0 Å². The Morgan fingerprint density at radius 1 is 1.36 bits per heavy atom. The number of hydrogen-bond donors (Lipinski definition) is 1. The predicted molar refractivity (Wildman–Crippen MR) is 53.4 cm³/mol. The van der Waals surface area contributed by atoms with Crippen molar-refractivity contribution in [3.05, 3.63) is 0 Å². The molecule has 1 saturated carbocycles. The summed E-state index contributed by atoms with van der Waals surface area (Å²) in [6.45, 7) is 1.64. The molecule has 1 aliphatic heterocycles. The highest BCUT2D eigenvalue weighted by atomic mass is 16.5. The molecule has 3 nitrogen and oxygen atoms in total. The monoisotopic (exact) mass is 194 g/mol. The van der Waals surface area contributed by atoms with Crippen molar-refractivity contribution < 1.29 is 4.74 Å². The van der Waals surface area contributed by atoms with Crippen LogP contribution in [0.3, 0.4) is 0 Å². The van der Waals surface area contributed by atoms with Crippen molar-refractivity contribution in [2.75, 3.05) is 13.2 Å². The largest absolute Gasteiger partial charge is 0.381 e. The van der Waals surface area contributed by atoms with Crippen LogP contribution in [0.4, 0.5) is 0 Å². The van der Waals surface area contributed by atoms with Gasteiger partial charge in [0.2, 0.25) is 0 Å². The van der Waals surface area contributed by atoms with Gasteiger partial charge in [0.1, 0.15) is 0 Å². The molecule has 1 saturated heterocycles. The van der Waals surface area contributed by atoms with E-state index in [2.05, 4.69) is 6.07 Å². The average molecular weight is 194 g/mol. The normalized spacial score (nSPS) is 28.9. The zero-order valence-electron chi connectivity index (χ0n) is 8.54. The Morgan fingerprint density at radius 2 is 2.00 bits per heavy atom. The molecule has 0 radical (unpaired) electrons. The van der Waals surface area contributed by atoms with Gasteiger partial charge in [-0.1, -0.05) is 6.42 Å². The minimum atomic E-state index is -0.192. The van der Waals surface area contributed by atoms with Crippen molar-refractivity contribution >= 4 is 0 Å². The summed E-state index contributed by atoms with van der Waals surface area (Å²) in [5.74, 6) is 0.503. The van der Waals surface area contributed by atoms with Crippen molar-refractivity contribution in [1.29, 1.82) is 5.26 Å². The van der Waals surface area contributed by atoms with Gasteiger partial charge in [0.05, 0.1) is 11.5 Å². The number of ether oxygens (including phenoxy) is 1. The Bertz CT molecular complexity index is 236. The summed E-state index contributed by atoms with van der Waals surface area (Å²) in [4.78, 5) is 0. The van der Waals surface area contributed by atoms with Gasteiger partial charge in [-0.3, -0.25) is 0 Å². The summed E-state index contributed by atoms with van der Waals surface area (Å²) in [6, 6.07) is 2.52. The third kappa shape index (κ3) is 1.53. The second kappa shape index (κ2) is 3.88. The lowest BCUT2D eigenvalue weighted by Crippen LogP contribution is -2.51. The molecule has 0 amide bonds. The smallest absolute Gasteiger partial charge is 0.0727 e. The molecule has 2 aliphatic rings. The van der Waals surface area contributed by atoms with Gasteiger partial charge in [-0.2, -0.15) is 5.26 Å². The highest BCUT2D eigenvalue weighted by Crippen LogP contribution is 2.45. The Kier molecular flexibility index (Phi) is 2.76. The van der Waals surface area contributed by atoms with Gasteiger partial charge < -0.3 is 10.5 Å². The van der Waals surface area contributed by atoms with Crippen LogP contribution >= 0.6 is 0 Å². The highest BCUT2D eigenvalue weighted by molar-refractivity contribution is 5.11. The average Bonchev–Trinajstić information content (AvgIpc) is 2.18. The molecule has 0 aromatic heterocycles. The van der Waals surface area contributed by atoms with Crippen LogP contribution in [0.5, 0.6) is 0 Å². The zero-order chi connectivity index (χ0) is 10.0. The van der Waals surface area contributed by atoms with Gasteiger partial charge >= 0.3 is 0 Å². The van der Waals surface area contributed by atoms with Crippen molar-refractivity contribution in [1.82, 2.24) is 0 Å². The standard InChI is InChI=1S/C11H18N2O/c12-8-11(4-1-5-11)10(13)9-2-6-14-7-3-9/h9-10H,1-7,13H2. The first kappa shape index (κ1) is 9.95. The Labute approximate surface area is 85.2 Å². The van der Waals surface area contributed by atoms with Gasteiger partial charge in [-0.05, 0) is 31.6 Å². The Morgan fingerprint density at radius 3 is 2.43 bits per heavy atom. The van der Waals surface area contributed by atoms with E-state index >= 15 is 0 Å². The van der Waals surface area contributed by atoms with Gasteiger partial charge in [0.25, 0.3) is 0 Å². The van der Waals surface area contributed by atoms with Gasteiger partial charge in [-0.15, -0.1) is 0 Å². The highest BCUT2D eigenvalue weighted by Gasteiger charge is 2.45. The minimum absolute atomic E-state index is 0.0742. The van der Waals surface area contributed by atoms with Crippen LogP contribution in [-0.2, 0) is 4.74 Å². The van der Waals surface area contributed by atoms with E-state index in [0.29, 0.717) is 5.92 Å². The first-order chi connectivity index (χ1) is 6.78. The van der Waals surface area contributed by atoms with Crippen LogP contribution in [-0.4, -0.2) is 19.3 Å². The molecule has 0 aromatic rings. The molecule has 2 N–H and O–H groups in total. The molecule has 0 spiro atoms. The van der Waals surface area contributed by atoms with E-state index in [1.165, 1.54) is 6.42 Å². The summed E-state index contributed by atoms with van der Waals surface area (Å²) in [7, 11) is 0. The number of nitrogens with zero attached hydrogens (tertiary/aromatic N) is 1. The molecule has 2 rings (SSSR count). The predicted octanol–water partition coefficient (Wildman–Crippen LogP) is 1.43. The summed E-state index contributed by atoms with van der Waals surface area (Å²) >= 11 is 0. The Balaban J connectivity index is 1.99. The second-order valence-electron chi connectivity index (χ2n) is 4.60. The SMILES string of the molecule is N#CC1(C(N)C2CCOCC2)CCC1. The van der Waals surface area contributed by atoms with Crippen molar-refractivity contribution in [3.8, 4) is 6.07 Å². The fraction of sp³-hybridized carbons (Fsp3) is 0.909. The summed E-state index contributed by atoms with van der Waals surface area (Å²) in [5, 5.41) is 9.18. The van der Waals surface area contributed by atoms with Crippen LogP contribution in [0.2, 0.25) is 0 Å².